The molecule has 0 amide bonds. The summed E-state index contributed by atoms with van der Waals surface area (Å²) in [6.07, 6.45) is 5.56. The van der Waals surface area contributed by atoms with Crippen molar-refractivity contribution in [3.63, 3.8) is 0 Å². The van der Waals surface area contributed by atoms with E-state index in [2.05, 4.69) is 0 Å². The lowest BCUT2D eigenvalue weighted by molar-refractivity contribution is -0.169. The van der Waals surface area contributed by atoms with Gasteiger partial charge in [0.2, 0.25) is 0 Å². The van der Waals surface area contributed by atoms with Crippen molar-refractivity contribution in [2.45, 2.75) is 89.1 Å². The molecule has 3 atom stereocenters. The van der Waals surface area contributed by atoms with E-state index < -0.39 is 41.4 Å². The van der Waals surface area contributed by atoms with Crippen LogP contribution >= 0.6 is 23.2 Å². The Labute approximate surface area is 199 Å². The van der Waals surface area contributed by atoms with Crippen molar-refractivity contribution in [1.29, 1.82) is 0 Å². The standard InChI is InChI=1S/C21H36Cl2N2O7/c22-12-6-4-2-1-3-5-10-21(11-7-13-23,14-16(25)19(29)30)20(31)32-17(26)9-8-15(24)18(27)28/h15-16H,1-14,24-25H2,(H,27,28)(H,29,30)/t15-,16-,21?/m0/s1. The second-order valence-electron chi connectivity index (χ2n) is 8.03. The lowest BCUT2D eigenvalue weighted by atomic mass is 9.73. The van der Waals surface area contributed by atoms with Gasteiger partial charge in [0.15, 0.2) is 0 Å². The summed E-state index contributed by atoms with van der Waals surface area (Å²) in [5.41, 5.74) is 9.84. The molecule has 0 radical (unpaired) electrons. The van der Waals surface area contributed by atoms with Gasteiger partial charge in [0.1, 0.15) is 12.1 Å². The number of alkyl halides is 2. The summed E-state index contributed by atoms with van der Waals surface area (Å²) in [6, 6.07) is -2.56. The van der Waals surface area contributed by atoms with E-state index in [0.29, 0.717) is 25.1 Å². The molecule has 0 aromatic heterocycles. The maximum atomic E-state index is 13.0. The molecule has 0 aliphatic carbocycles. The largest absolute Gasteiger partial charge is 0.480 e. The minimum Gasteiger partial charge on any atom is -0.480 e. The Hall–Kier alpha value is -1.42. The number of carbonyl (C=O) groups is 4. The zero-order valence-corrected chi connectivity index (χ0v) is 19.9. The Balaban J connectivity index is 5.26. The molecule has 11 heteroatoms. The van der Waals surface area contributed by atoms with E-state index in [-0.39, 0.29) is 31.6 Å². The third kappa shape index (κ3) is 12.6. The summed E-state index contributed by atoms with van der Waals surface area (Å²) < 4.78 is 5.00. The van der Waals surface area contributed by atoms with Gasteiger partial charge < -0.3 is 26.4 Å². The Morgan fingerprint density at radius 1 is 0.781 bits per heavy atom. The van der Waals surface area contributed by atoms with E-state index in [4.69, 9.17) is 44.5 Å². The summed E-state index contributed by atoms with van der Waals surface area (Å²) in [4.78, 5) is 47.3. The quantitative estimate of drug-likeness (QED) is 0.0903. The number of hydrogen-bond acceptors (Lipinski definition) is 7. The van der Waals surface area contributed by atoms with Crippen molar-refractivity contribution in [3.05, 3.63) is 0 Å². The number of ether oxygens (including phenoxy) is 1. The molecule has 0 heterocycles. The number of esters is 2. The number of unbranched alkanes of at least 4 members (excludes halogenated alkanes) is 5. The molecule has 1 unspecified atom stereocenters. The van der Waals surface area contributed by atoms with Crippen LogP contribution in [0.2, 0.25) is 0 Å². The van der Waals surface area contributed by atoms with Gasteiger partial charge in [-0.3, -0.25) is 19.2 Å². The molecular formula is C21H36Cl2N2O7. The lowest BCUT2D eigenvalue weighted by Gasteiger charge is -2.32. The molecule has 0 bridgehead atoms. The summed E-state index contributed by atoms with van der Waals surface area (Å²) in [5.74, 6) is -3.42. The molecule has 0 rings (SSSR count). The van der Waals surface area contributed by atoms with E-state index in [1.54, 1.807) is 0 Å². The van der Waals surface area contributed by atoms with Gasteiger partial charge in [-0.2, -0.15) is 0 Å². The number of hydrogen-bond donors (Lipinski definition) is 4. The van der Waals surface area contributed by atoms with Gasteiger partial charge >= 0.3 is 23.9 Å². The molecule has 6 N–H and O–H groups in total. The third-order valence-corrected chi connectivity index (χ3v) is 5.91. The maximum absolute atomic E-state index is 13.0. The van der Waals surface area contributed by atoms with Crippen LogP contribution in [0.25, 0.3) is 0 Å². The highest BCUT2D eigenvalue weighted by Gasteiger charge is 2.42. The summed E-state index contributed by atoms with van der Waals surface area (Å²) in [5, 5.41) is 18.1. The van der Waals surface area contributed by atoms with E-state index in [1.807, 2.05) is 0 Å². The first kappa shape index (κ1) is 30.6. The fourth-order valence-electron chi connectivity index (χ4n) is 3.45. The van der Waals surface area contributed by atoms with Crippen LogP contribution in [0.4, 0.5) is 0 Å². The van der Waals surface area contributed by atoms with Gasteiger partial charge in [0.25, 0.3) is 0 Å². The van der Waals surface area contributed by atoms with Gasteiger partial charge in [0, 0.05) is 18.2 Å². The fourth-order valence-corrected chi connectivity index (χ4v) is 3.78. The second kappa shape index (κ2) is 17.1. The highest BCUT2D eigenvalue weighted by atomic mass is 35.5. The first-order valence-corrected chi connectivity index (χ1v) is 12.0. The van der Waals surface area contributed by atoms with Crippen LogP contribution in [-0.2, 0) is 23.9 Å². The Kier molecular flexibility index (Phi) is 16.3. The highest BCUT2D eigenvalue weighted by molar-refractivity contribution is 6.18. The smallest absolute Gasteiger partial charge is 0.320 e. The first-order chi connectivity index (χ1) is 15.1. The number of nitrogens with two attached hydrogens (primary N) is 2. The van der Waals surface area contributed by atoms with E-state index in [1.165, 1.54) is 0 Å². The lowest BCUT2D eigenvalue weighted by Crippen LogP contribution is -2.43. The van der Waals surface area contributed by atoms with Crippen molar-refractivity contribution < 1.29 is 34.1 Å². The van der Waals surface area contributed by atoms with E-state index in [0.717, 1.165) is 32.1 Å². The van der Waals surface area contributed by atoms with Crippen LogP contribution in [0.5, 0.6) is 0 Å². The molecule has 0 saturated heterocycles. The van der Waals surface area contributed by atoms with Gasteiger partial charge in [0.05, 0.1) is 5.41 Å². The van der Waals surface area contributed by atoms with Crippen molar-refractivity contribution >= 4 is 47.1 Å². The average molecular weight is 499 g/mol. The average Bonchev–Trinajstić information content (AvgIpc) is 2.74. The van der Waals surface area contributed by atoms with Crippen molar-refractivity contribution in [3.8, 4) is 0 Å². The van der Waals surface area contributed by atoms with Gasteiger partial charge in [-0.25, -0.2) is 0 Å². The highest BCUT2D eigenvalue weighted by Crippen LogP contribution is 2.37. The monoisotopic (exact) mass is 498 g/mol. The van der Waals surface area contributed by atoms with Crippen LogP contribution in [0.3, 0.4) is 0 Å². The Bertz CT molecular complexity index is 607. The molecule has 0 fully saturated rings. The van der Waals surface area contributed by atoms with Gasteiger partial charge in [-0.05, 0) is 38.5 Å². The molecule has 0 aliphatic rings. The van der Waals surface area contributed by atoms with Crippen molar-refractivity contribution in [2.75, 3.05) is 11.8 Å². The Morgan fingerprint density at radius 3 is 1.81 bits per heavy atom. The van der Waals surface area contributed by atoms with Crippen molar-refractivity contribution in [2.24, 2.45) is 16.9 Å². The predicted octanol–water partition coefficient (Wildman–Crippen LogP) is 3.03. The number of carbonyl (C=O) groups excluding carboxylic acids is 2. The molecular weight excluding hydrogens is 463 g/mol. The number of aliphatic carboxylic acids is 2. The zero-order valence-electron chi connectivity index (χ0n) is 18.4. The molecule has 9 nitrogen and oxygen atoms in total. The summed E-state index contributed by atoms with van der Waals surface area (Å²) in [7, 11) is 0. The van der Waals surface area contributed by atoms with Crippen molar-refractivity contribution in [1.82, 2.24) is 0 Å². The molecule has 0 saturated carbocycles. The maximum Gasteiger partial charge on any atom is 0.320 e. The number of halogens is 2. The van der Waals surface area contributed by atoms with E-state index in [9.17, 15) is 24.3 Å². The fraction of sp³-hybridized carbons (Fsp3) is 0.810. The molecule has 0 spiro atoms. The van der Waals surface area contributed by atoms with Crippen LogP contribution in [0.1, 0.15) is 77.0 Å². The van der Waals surface area contributed by atoms with Crippen LogP contribution in [0, 0.1) is 5.41 Å². The van der Waals surface area contributed by atoms with Crippen LogP contribution in [0.15, 0.2) is 0 Å². The molecule has 0 aliphatic heterocycles. The topological polar surface area (TPSA) is 170 Å². The number of rotatable bonds is 19. The number of carboxylic acid groups (broad SMARTS) is 2. The summed E-state index contributed by atoms with van der Waals surface area (Å²) >= 11 is 11.5. The molecule has 0 aromatic carbocycles. The minimum absolute atomic E-state index is 0.187. The Morgan fingerprint density at radius 2 is 1.28 bits per heavy atom. The summed E-state index contributed by atoms with van der Waals surface area (Å²) in [6.45, 7) is 0. The van der Waals surface area contributed by atoms with Gasteiger partial charge in [-0.15, -0.1) is 23.2 Å². The predicted molar refractivity (Wildman–Crippen MR) is 122 cm³/mol. The van der Waals surface area contributed by atoms with Crippen LogP contribution < -0.4 is 11.5 Å². The molecule has 32 heavy (non-hydrogen) atoms. The van der Waals surface area contributed by atoms with Crippen LogP contribution in [-0.4, -0.2) is 57.9 Å². The molecule has 186 valence electrons. The normalized spacial score (nSPS) is 14.9. The minimum atomic E-state index is -1.31. The van der Waals surface area contributed by atoms with E-state index >= 15 is 0 Å². The third-order valence-electron chi connectivity index (χ3n) is 5.37. The number of carboxylic acids is 2. The molecule has 0 aromatic rings. The zero-order chi connectivity index (χ0) is 24.6. The van der Waals surface area contributed by atoms with Gasteiger partial charge in [-0.1, -0.05) is 32.1 Å². The SMILES string of the molecule is N[C@@H](CCC(=O)OC(=O)C(CCCCl)(CCCCCCCCCl)C[C@H](N)C(=O)O)C(=O)O. The first-order valence-electron chi connectivity index (χ1n) is 10.9. The second-order valence-corrected chi connectivity index (χ2v) is 8.78.